The monoisotopic (exact) mass is 785 g/mol. The number of ether oxygens (including phenoxy) is 1. The normalized spacial score (nSPS) is 16.8. The first-order valence-electron chi connectivity index (χ1n) is 17.8. The van der Waals surface area contributed by atoms with E-state index in [1.54, 1.807) is 38.8 Å². The number of amides is 2. The Hall–Kier alpha value is -4.89. The molecule has 0 radical (unpaired) electrons. The van der Waals surface area contributed by atoms with Crippen LogP contribution in [0.25, 0.3) is 30.9 Å². The van der Waals surface area contributed by atoms with E-state index >= 15 is 0 Å². The molecule has 0 spiro atoms. The largest absolute Gasteiger partial charge is 0.491 e. The molecule has 14 nitrogen and oxygen atoms in total. The lowest BCUT2D eigenvalue weighted by molar-refractivity contribution is -0.134. The minimum Gasteiger partial charge on any atom is -0.491 e. The predicted octanol–water partition coefficient (Wildman–Crippen LogP) is 7.18. The van der Waals surface area contributed by atoms with Crippen molar-refractivity contribution in [2.45, 2.75) is 51.5 Å². The van der Waals surface area contributed by atoms with Gasteiger partial charge in [-0.2, -0.15) is 0 Å². The Bertz CT molecular complexity index is 2320. The minimum absolute atomic E-state index is 0.0105. The summed E-state index contributed by atoms with van der Waals surface area (Å²) >= 11 is 9.45. The summed E-state index contributed by atoms with van der Waals surface area (Å²) in [6.07, 6.45) is 10.5. The molecule has 8 rings (SSSR count). The van der Waals surface area contributed by atoms with E-state index in [0.29, 0.717) is 37.0 Å². The first kappa shape index (κ1) is 37.4. The number of hydrogen-bond donors (Lipinski definition) is 1. The van der Waals surface area contributed by atoms with Crippen molar-refractivity contribution in [1.82, 2.24) is 29.7 Å². The minimum atomic E-state index is 0.0105. The maximum atomic E-state index is 12.5. The average molecular weight is 786 g/mol. The van der Waals surface area contributed by atoms with Crippen LogP contribution in [0.5, 0.6) is 5.75 Å². The smallest absolute Gasteiger partial charge is 0.225 e. The molecule has 0 saturated carbocycles. The van der Waals surface area contributed by atoms with E-state index in [9.17, 15) is 9.59 Å². The fourth-order valence-electron chi connectivity index (χ4n) is 7.27. The number of nitrogens with one attached hydrogen (secondary N) is 1. The van der Waals surface area contributed by atoms with E-state index in [1.165, 1.54) is 27.2 Å². The van der Waals surface area contributed by atoms with Gasteiger partial charge in [-0.15, -0.1) is 22.7 Å². The highest BCUT2D eigenvalue weighted by atomic mass is 35.5. The topological polar surface area (TPSA) is 175 Å². The predicted molar refractivity (Wildman–Crippen MR) is 213 cm³/mol. The van der Waals surface area contributed by atoms with E-state index < -0.39 is 0 Å². The Morgan fingerprint density at radius 1 is 0.944 bits per heavy atom. The first-order valence-corrected chi connectivity index (χ1v) is 19.8. The number of rotatable bonds is 9. The van der Waals surface area contributed by atoms with Gasteiger partial charge in [-0.25, -0.2) is 19.9 Å². The lowest BCUT2D eigenvalue weighted by Crippen LogP contribution is -2.32. The Labute approximate surface area is 325 Å². The third kappa shape index (κ3) is 7.69. The molecule has 5 heterocycles. The number of hydrogen-bond acceptors (Lipinski definition) is 12. The van der Waals surface area contributed by atoms with Crippen molar-refractivity contribution in [2.75, 3.05) is 46.7 Å². The Balaban J connectivity index is 0.000000199. The molecule has 1 N–H and O–H groups in total. The molecule has 280 valence electrons. The lowest BCUT2D eigenvalue weighted by atomic mass is 9.87. The van der Waals surface area contributed by atoms with Crippen LogP contribution >= 0.6 is 34.3 Å². The van der Waals surface area contributed by atoms with Gasteiger partial charge in [0.2, 0.25) is 11.8 Å². The summed E-state index contributed by atoms with van der Waals surface area (Å²) in [5.41, 5.74) is 13.9. The number of aliphatic imine (C=N–C) groups is 1. The highest BCUT2D eigenvalue weighted by Crippen LogP contribution is 2.43. The number of thiophene rings is 2. The maximum absolute atomic E-state index is 12.5. The Morgan fingerprint density at radius 3 is 2.22 bits per heavy atom. The number of benzene rings is 1. The SMILES string of the molecule is CN(C)C(=O)C1CCc2c(sc3ncnc(Cl)c23)C1.CN(C)C(=O)C1CCc2c(sc3ncnc(Nc4cc5c(cc4OCCCN=[N+]=[N-])CN=C5)c23)C1. The average Bonchev–Trinajstić information content (AvgIpc) is 3.89. The molecule has 2 unspecified atom stereocenters. The Kier molecular flexibility index (Phi) is 11.2. The van der Waals surface area contributed by atoms with Crippen LogP contribution in [0.2, 0.25) is 5.15 Å². The zero-order valence-electron chi connectivity index (χ0n) is 30.5. The molecule has 2 aliphatic carbocycles. The Morgan fingerprint density at radius 2 is 1.57 bits per heavy atom. The van der Waals surface area contributed by atoms with E-state index in [1.807, 2.05) is 46.5 Å². The van der Waals surface area contributed by atoms with Gasteiger partial charge in [-0.1, -0.05) is 16.7 Å². The molecule has 3 aliphatic rings. The number of anilines is 2. The highest BCUT2D eigenvalue weighted by molar-refractivity contribution is 7.19. The van der Waals surface area contributed by atoms with Crippen molar-refractivity contribution in [3.05, 3.63) is 72.4 Å². The third-order valence-corrected chi connectivity index (χ3v) is 12.5. The number of azide groups is 1. The zero-order chi connectivity index (χ0) is 37.9. The van der Waals surface area contributed by atoms with Crippen LogP contribution in [0, 0.1) is 11.8 Å². The van der Waals surface area contributed by atoms with E-state index in [2.05, 4.69) is 40.3 Å². The standard InChI is InChI=1S/C24H26N8O2S.C13H14ClN3OS/c1-32(2)24(33)14-4-5-17-20(10-14)35-23-21(17)22(27-13-28-23)30-18-8-15-11-26-12-16(15)9-19(18)34-7-3-6-29-31-25;1-17(2)13(18)7-3-4-8-9(5-7)19-12-10(8)11(14)15-6-16-12/h8-9,11,13-14H,3-7,10,12H2,1-2H3,(H,27,28,30);6-7H,3-5H2,1-2H3. The highest BCUT2D eigenvalue weighted by Gasteiger charge is 2.31. The fourth-order valence-corrected chi connectivity index (χ4v) is 10.1. The van der Waals surface area contributed by atoms with Crippen LogP contribution < -0.4 is 10.1 Å². The second-order valence-corrected chi connectivity index (χ2v) is 16.4. The van der Waals surface area contributed by atoms with Gasteiger partial charge in [0, 0.05) is 67.5 Å². The van der Waals surface area contributed by atoms with Gasteiger partial charge in [-0.05, 0) is 84.9 Å². The molecular formula is C37H40ClN11O3S2. The lowest BCUT2D eigenvalue weighted by Gasteiger charge is -2.24. The molecule has 5 aromatic rings. The molecule has 1 aliphatic heterocycles. The van der Waals surface area contributed by atoms with E-state index in [-0.39, 0.29) is 23.7 Å². The molecule has 0 bridgehead atoms. The summed E-state index contributed by atoms with van der Waals surface area (Å²) in [4.78, 5) is 56.9. The summed E-state index contributed by atoms with van der Waals surface area (Å²) in [5, 5.41) is 9.60. The number of aryl methyl sites for hydroxylation is 2. The maximum Gasteiger partial charge on any atom is 0.225 e. The molecule has 17 heteroatoms. The summed E-state index contributed by atoms with van der Waals surface area (Å²) in [5.74, 6) is 1.93. The number of halogens is 1. The number of carbonyl (C=O) groups excluding carboxylic acids is 2. The molecular weight excluding hydrogens is 746 g/mol. The fraction of sp³-hybridized carbons (Fsp3) is 0.432. The van der Waals surface area contributed by atoms with Gasteiger partial charge >= 0.3 is 0 Å². The number of aromatic nitrogens is 4. The van der Waals surface area contributed by atoms with Crippen molar-refractivity contribution in [3.8, 4) is 5.75 Å². The van der Waals surface area contributed by atoms with Gasteiger partial charge in [0.05, 0.1) is 29.6 Å². The van der Waals surface area contributed by atoms with Gasteiger partial charge in [0.25, 0.3) is 0 Å². The molecule has 0 fully saturated rings. The number of nitrogens with zero attached hydrogens (tertiary/aromatic N) is 10. The van der Waals surface area contributed by atoms with E-state index in [0.717, 1.165) is 81.6 Å². The van der Waals surface area contributed by atoms with E-state index in [4.69, 9.17) is 21.9 Å². The summed E-state index contributed by atoms with van der Waals surface area (Å²) < 4.78 is 6.07. The van der Waals surface area contributed by atoms with Gasteiger partial charge in [0.15, 0.2) is 0 Å². The molecule has 0 saturated heterocycles. The van der Waals surface area contributed by atoms with Gasteiger partial charge < -0.3 is 19.9 Å². The van der Waals surface area contributed by atoms with Crippen LogP contribution in [0.15, 0.2) is 34.9 Å². The zero-order valence-corrected chi connectivity index (χ0v) is 32.9. The summed E-state index contributed by atoms with van der Waals surface area (Å²) in [7, 11) is 7.25. The second kappa shape index (κ2) is 16.2. The summed E-state index contributed by atoms with van der Waals surface area (Å²) in [6.45, 7) is 1.45. The molecule has 2 amide bonds. The molecule has 1 aromatic carbocycles. The van der Waals surface area contributed by atoms with Crippen LogP contribution in [0.1, 0.15) is 51.3 Å². The van der Waals surface area contributed by atoms with Crippen LogP contribution in [-0.4, -0.2) is 89.1 Å². The van der Waals surface area contributed by atoms with Crippen molar-refractivity contribution in [3.63, 3.8) is 0 Å². The van der Waals surface area contributed by atoms with Gasteiger partial charge in [0.1, 0.15) is 39.0 Å². The summed E-state index contributed by atoms with van der Waals surface area (Å²) in [6, 6.07) is 4.05. The van der Waals surface area contributed by atoms with Gasteiger partial charge in [-0.3, -0.25) is 14.6 Å². The third-order valence-electron chi connectivity index (χ3n) is 9.93. The molecule has 4 aromatic heterocycles. The second-order valence-electron chi connectivity index (χ2n) is 13.9. The number of fused-ring (bicyclic) bond motifs is 7. The first-order chi connectivity index (χ1) is 26.1. The molecule has 54 heavy (non-hydrogen) atoms. The van der Waals surface area contributed by atoms with Crippen molar-refractivity contribution >= 4 is 84.2 Å². The quantitative estimate of drug-likeness (QED) is 0.0538. The van der Waals surface area contributed by atoms with Crippen LogP contribution in [-0.2, 0) is 41.8 Å². The van der Waals surface area contributed by atoms with Crippen molar-refractivity contribution in [2.24, 2.45) is 21.9 Å². The van der Waals surface area contributed by atoms with Crippen LogP contribution in [0.3, 0.4) is 0 Å². The van der Waals surface area contributed by atoms with Crippen molar-refractivity contribution in [1.29, 1.82) is 0 Å². The molecule has 2 atom stereocenters. The van der Waals surface area contributed by atoms with Crippen LogP contribution in [0.4, 0.5) is 11.5 Å². The van der Waals surface area contributed by atoms with Crippen molar-refractivity contribution < 1.29 is 14.3 Å². The number of carbonyl (C=O) groups is 2.